The van der Waals surface area contributed by atoms with Crippen LogP contribution in [0.1, 0.15) is 22.9 Å². The fourth-order valence-electron chi connectivity index (χ4n) is 2.93. The van der Waals surface area contributed by atoms with Crippen molar-refractivity contribution in [2.75, 3.05) is 0 Å². The van der Waals surface area contributed by atoms with Gasteiger partial charge in [-0.15, -0.1) is 0 Å². The minimum atomic E-state index is 0.0691. The van der Waals surface area contributed by atoms with Crippen molar-refractivity contribution >= 4 is 10.8 Å². The first-order chi connectivity index (χ1) is 9.33. The highest BCUT2D eigenvalue weighted by molar-refractivity contribution is 5.84. The number of hydrogen-bond donors (Lipinski definition) is 0. The summed E-state index contributed by atoms with van der Waals surface area (Å²) in [6.45, 7) is 0.704. The maximum Gasteiger partial charge on any atom is 0.123 e. The maximum absolute atomic E-state index is 6.00. The van der Waals surface area contributed by atoms with E-state index in [-0.39, 0.29) is 6.10 Å². The molecule has 0 amide bonds. The molecule has 0 fully saturated rings. The van der Waals surface area contributed by atoms with Crippen LogP contribution in [0, 0.1) is 0 Å². The number of aryl methyl sites for hydroxylation is 1. The Bertz CT molecular complexity index is 757. The highest BCUT2D eigenvalue weighted by Gasteiger charge is 2.26. The van der Waals surface area contributed by atoms with E-state index in [0.717, 1.165) is 0 Å². The second-order valence-electron chi connectivity index (χ2n) is 5.13. The lowest BCUT2D eigenvalue weighted by Crippen LogP contribution is -2.04. The highest BCUT2D eigenvalue weighted by Crippen LogP contribution is 2.37. The van der Waals surface area contributed by atoms with Gasteiger partial charge >= 0.3 is 0 Å². The Hall–Kier alpha value is -2.06. The van der Waals surface area contributed by atoms with E-state index < -0.39 is 0 Å². The van der Waals surface area contributed by atoms with E-state index in [1.165, 1.54) is 27.6 Å². The highest BCUT2D eigenvalue weighted by atomic mass is 16.5. The van der Waals surface area contributed by atoms with Crippen molar-refractivity contribution in [3.05, 3.63) is 71.5 Å². The molecule has 1 unspecified atom stereocenters. The zero-order valence-electron chi connectivity index (χ0n) is 10.8. The minimum Gasteiger partial charge on any atom is -0.363 e. The number of fused-ring (bicyclic) bond motifs is 2. The molecule has 1 aromatic heterocycles. The number of benzene rings is 2. The molecular weight excluding hydrogens is 234 g/mol. The van der Waals surface area contributed by atoms with Crippen molar-refractivity contribution in [2.45, 2.75) is 12.7 Å². The van der Waals surface area contributed by atoms with Crippen molar-refractivity contribution in [2.24, 2.45) is 7.05 Å². The van der Waals surface area contributed by atoms with Crippen molar-refractivity contribution in [1.82, 2.24) is 4.57 Å². The lowest BCUT2D eigenvalue weighted by atomic mass is 9.98. The van der Waals surface area contributed by atoms with Crippen LogP contribution in [0.5, 0.6) is 0 Å². The van der Waals surface area contributed by atoms with Gasteiger partial charge in [0.1, 0.15) is 6.10 Å². The molecule has 0 N–H and O–H groups in total. The van der Waals surface area contributed by atoms with Crippen molar-refractivity contribution in [1.29, 1.82) is 0 Å². The van der Waals surface area contributed by atoms with E-state index in [1.54, 1.807) is 0 Å². The van der Waals surface area contributed by atoms with Gasteiger partial charge in [0.2, 0.25) is 0 Å². The first kappa shape index (κ1) is 10.8. The average molecular weight is 249 g/mol. The smallest absolute Gasteiger partial charge is 0.123 e. The normalized spacial score (nSPS) is 17.8. The van der Waals surface area contributed by atoms with Crippen molar-refractivity contribution < 1.29 is 4.74 Å². The van der Waals surface area contributed by atoms with Gasteiger partial charge < -0.3 is 9.30 Å². The Morgan fingerprint density at radius 2 is 1.84 bits per heavy atom. The summed E-state index contributed by atoms with van der Waals surface area (Å²) in [6, 6.07) is 17.2. The standard InChI is InChI=1S/C17H15NO/c1-18-8-4-7-16(18)17-15-10-13-6-3-2-5-12(13)9-14(15)11-19-17/h2-10,17H,11H2,1H3. The maximum atomic E-state index is 6.00. The molecule has 2 heterocycles. The molecule has 4 rings (SSSR count). The predicted molar refractivity (Wildman–Crippen MR) is 76.0 cm³/mol. The number of hydrogen-bond acceptors (Lipinski definition) is 1. The van der Waals surface area contributed by atoms with E-state index in [9.17, 15) is 0 Å². The molecular formula is C17H15NO. The third kappa shape index (κ3) is 1.60. The van der Waals surface area contributed by atoms with Gasteiger partial charge in [0.25, 0.3) is 0 Å². The Kier molecular flexibility index (Phi) is 2.26. The summed E-state index contributed by atoms with van der Waals surface area (Å²) in [7, 11) is 2.07. The summed E-state index contributed by atoms with van der Waals surface area (Å²) >= 11 is 0. The van der Waals surface area contributed by atoms with Gasteiger partial charge in [-0.2, -0.15) is 0 Å². The van der Waals surface area contributed by atoms with Gasteiger partial charge in [-0.25, -0.2) is 0 Å². The molecule has 2 heteroatoms. The largest absolute Gasteiger partial charge is 0.363 e. The fraction of sp³-hybridized carbons (Fsp3) is 0.176. The van der Waals surface area contributed by atoms with Crippen LogP contribution in [0.15, 0.2) is 54.7 Å². The number of rotatable bonds is 1. The molecule has 0 saturated carbocycles. The number of nitrogens with zero attached hydrogens (tertiary/aromatic N) is 1. The number of ether oxygens (including phenoxy) is 1. The monoisotopic (exact) mass is 249 g/mol. The van der Waals surface area contributed by atoms with Crippen LogP contribution in [0.3, 0.4) is 0 Å². The predicted octanol–water partition coefficient (Wildman–Crippen LogP) is 3.80. The van der Waals surface area contributed by atoms with Gasteiger partial charge in [-0.1, -0.05) is 24.3 Å². The van der Waals surface area contributed by atoms with E-state index in [1.807, 2.05) is 0 Å². The van der Waals surface area contributed by atoms with Gasteiger partial charge in [-0.3, -0.25) is 0 Å². The first-order valence-electron chi connectivity index (χ1n) is 6.57. The Labute approximate surface area is 112 Å². The minimum absolute atomic E-state index is 0.0691. The molecule has 0 spiro atoms. The molecule has 0 aliphatic carbocycles. The molecule has 0 saturated heterocycles. The molecule has 94 valence electrons. The van der Waals surface area contributed by atoms with Gasteiger partial charge in [0, 0.05) is 13.2 Å². The average Bonchev–Trinajstić information content (AvgIpc) is 3.02. The second kappa shape index (κ2) is 3.97. The van der Waals surface area contributed by atoms with Crippen LogP contribution in [0.25, 0.3) is 10.8 Å². The molecule has 2 aromatic carbocycles. The Balaban J connectivity index is 1.90. The van der Waals surface area contributed by atoms with Gasteiger partial charge in [0.05, 0.1) is 12.3 Å². The summed E-state index contributed by atoms with van der Waals surface area (Å²) in [6.07, 6.45) is 2.14. The summed E-state index contributed by atoms with van der Waals surface area (Å²) in [5.74, 6) is 0. The summed E-state index contributed by atoms with van der Waals surface area (Å²) in [5, 5.41) is 2.57. The van der Waals surface area contributed by atoms with Crippen LogP contribution >= 0.6 is 0 Å². The molecule has 1 atom stereocenters. The Morgan fingerprint density at radius 1 is 1.05 bits per heavy atom. The third-order valence-corrected chi connectivity index (χ3v) is 3.95. The zero-order chi connectivity index (χ0) is 12.8. The lowest BCUT2D eigenvalue weighted by molar-refractivity contribution is 0.0892. The molecule has 0 radical (unpaired) electrons. The second-order valence-corrected chi connectivity index (χ2v) is 5.13. The zero-order valence-corrected chi connectivity index (χ0v) is 10.8. The molecule has 1 aliphatic rings. The SMILES string of the molecule is Cn1cccc1C1OCc2cc3ccccc3cc21. The fourth-order valence-corrected chi connectivity index (χ4v) is 2.93. The van der Waals surface area contributed by atoms with E-state index >= 15 is 0 Å². The lowest BCUT2D eigenvalue weighted by Gasteiger charge is -2.13. The third-order valence-electron chi connectivity index (χ3n) is 3.95. The van der Waals surface area contributed by atoms with Crippen LogP contribution < -0.4 is 0 Å². The molecule has 2 nitrogen and oxygen atoms in total. The van der Waals surface area contributed by atoms with E-state index in [0.29, 0.717) is 6.61 Å². The van der Waals surface area contributed by atoms with Crippen molar-refractivity contribution in [3.63, 3.8) is 0 Å². The topological polar surface area (TPSA) is 14.2 Å². The van der Waals surface area contributed by atoms with Gasteiger partial charge in [0.15, 0.2) is 0 Å². The molecule has 0 bridgehead atoms. The van der Waals surface area contributed by atoms with Crippen LogP contribution in [-0.4, -0.2) is 4.57 Å². The van der Waals surface area contributed by atoms with Crippen LogP contribution in [0.4, 0.5) is 0 Å². The van der Waals surface area contributed by atoms with Crippen molar-refractivity contribution in [3.8, 4) is 0 Å². The summed E-state index contributed by atoms with van der Waals surface area (Å²) in [5.41, 5.74) is 3.83. The molecule has 3 aromatic rings. The molecule has 19 heavy (non-hydrogen) atoms. The quantitative estimate of drug-likeness (QED) is 0.640. The van der Waals surface area contributed by atoms with Crippen LogP contribution in [0.2, 0.25) is 0 Å². The van der Waals surface area contributed by atoms with Gasteiger partial charge in [-0.05, 0) is 46.2 Å². The van der Waals surface area contributed by atoms with E-state index in [2.05, 4.69) is 66.3 Å². The Morgan fingerprint density at radius 3 is 2.58 bits per heavy atom. The molecule has 1 aliphatic heterocycles. The van der Waals surface area contributed by atoms with E-state index in [4.69, 9.17) is 4.74 Å². The summed E-state index contributed by atoms with van der Waals surface area (Å²) < 4.78 is 8.13. The number of aromatic nitrogens is 1. The first-order valence-corrected chi connectivity index (χ1v) is 6.57. The summed E-state index contributed by atoms with van der Waals surface area (Å²) in [4.78, 5) is 0. The van der Waals surface area contributed by atoms with Crippen LogP contribution in [-0.2, 0) is 18.4 Å².